The Labute approximate surface area is 104 Å². The lowest BCUT2D eigenvalue weighted by molar-refractivity contribution is 0.101. The number of carbonyl (C=O) groups is 1. The molecule has 0 aliphatic rings. The molecule has 3 nitrogen and oxygen atoms in total. The van der Waals surface area contributed by atoms with E-state index in [1.165, 1.54) is 18.3 Å². The van der Waals surface area contributed by atoms with E-state index in [0.29, 0.717) is 10.8 Å². The summed E-state index contributed by atoms with van der Waals surface area (Å²) in [6, 6.07) is 6.16. The predicted octanol–water partition coefficient (Wildman–Crippen LogP) is 3.21. The van der Waals surface area contributed by atoms with Gasteiger partial charge in [-0.25, -0.2) is 4.98 Å². The fourth-order valence-corrected chi connectivity index (χ4v) is 2.70. The Morgan fingerprint density at radius 2 is 2.06 bits per heavy atom. The van der Waals surface area contributed by atoms with E-state index in [9.17, 15) is 4.79 Å². The van der Waals surface area contributed by atoms with E-state index in [1.54, 1.807) is 0 Å². The maximum absolute atomic E-state index is 11.5. The van der Waals surface area contributed by atoms with Crippen molar-refractivity contribution < 1.29 is 4.79 Å². The maximum Gasteiger partial charge on any atom is 0.181 e. The van der Waals surface area contributed by atoms with Crippen LogP contribution in [0, 0.1) is 13.8 Å². The van der Waals surface area contributed by atoms with E-state index in [4.69, 9.17) is 5.73 Å². The molecule has 0 unspecified atom stereocenters. The zero-order valence-electron chi connectivity index (χ0n) is 10.1. The molecule has 1 aromatic heterocycles. The van der Waals surface area contributed by atoms with Crippen LogP contribution in [0.4, 0.5) is 5.13 Å². The van der Waals surface area contributed by atoms with Gasteiger partial charge in [-0.2, -0.15) is 0 Å². The molecule has 0 radical (unpaired) electrons. The second-order valence-electron chi connectivity index (χ2n) is 4.10. The average molecular weight is 246 g/mol. The first-order valence-corrected chi connectivity index (χ1v) is 6.15. The first kappa shape index (κ1) is 11.8. The number of nitrogens with two attached hydrogens (primary N) is 1. The van der Waals surface area contributed by atoms with Crippen molar-refractivity contribution in [3.05, 3.63) is 35.0 Å². The highest BCUT2D eigenvalue weighted by Gasteiger charge is 2.16. The van der Waals surface area contributed by atoms with Crippen molar-refractivity contribution >= 4 is 22.3 Å². The summed E-state index contributed by atoms with van der Waals surface area (Å²) >= 11 is 1.36. The number of anilines is 1. The summed E-state index contributed by atoms with van der Waals surface area (Å²) in [6.07, 6.45) is 0. The molecular weight excluding hydrogens is 232 g/mol. The molecule has 4 heteroatoms. The number of nitrogen functional groups attached to an aromatic ring is 1. The van der Waals surface area contributed by atoms with Crippen LogP contribution in [0.3, 0.4) is 0 Å². The Morgan fingerprint density at radius 3 is 2.71 bits per heavy atom. The predicted molar refractivity (Wildman–Crippen MR) is 71.4 cm³/mol. The minimum absolute atomic E-state index is 0.0474. The van der Waals surface area contributed by atoms with Crippen LogP contribution in [0.5, 0.6) is 0 Å². The summed E-state index contributed by atoms with van der Waals surface area (Å²) in [5.41, 5.74) is 9.50. The summed E-state index contributed by atoms with van der Waals surface area (Å²) in [7, 11) is 0. The largest absolute Gasteiger partial charge is 0.375 e. The van der Waals surface area contributed by atoms with Crippen molar-refractivity contribution in [2.24, 2.45) is 0 Å². The molecule has 2 rings (SSSR count). The number of Topliss-reactive ketones (excluding diaryl/α,β-unsaturated/α-hetero) is 1. The molecule has 0 saturated carbocycles. The SMILES string of the molecule is CC(=O)c1nc(N)sc1-c1cc(C)ccc1C. The van der Waals surface area contributed by atoms with Gasteiger partial charge in [-0.3, -0.25) is 4.79 Å². The van der Waals surface area contributed by atoms with Crippen LogP contribution in [0.25, 0.3) is 10.4 Å². The summed E-state index contributed by atoms with van der Waals surface area (Å²) in [5, 5.41) is 0.436. The molecule has 17 heavy (non-hydrogen) atoms. The molecule has 1 heterocycles. The van der Waals surface area contributed by atoms with Crippen LogP contribution in [-0.4, -0.2) is 10.8 Å². The molecule has 1 aromatic carbocycles. The average Bonchev–Trinajstić information content (AvgIpc) is 2.64. The van der Waals surface area contributed by atoms with Crippen LogP contribution < -0.4 is 5.73 Å². The molecule has 0 atom stereocenters. The molecule has 0 aliphatic heterocycles. The highest BCUT2D eigenvalue weighted by Crippen LogP contribution is 2.34. The number of rotatable bonds is 2. The highest BCUT2D eigenvalue weighted by atomic mass is 32.1. The zero-order valence-corrected chi connectivity index (χ0v) is 10.9. The van der Waals surface area contributed by atoms with Crippen LogP contribution in [0.2, 0.25) is 0 Å². The summed E-state index contributed by atoms with van der Waals surface area (Å²) in [5.74, 6) is -0.0474. The van der Waals surface area contributed by atoms with E-state index >= 15 is 0 Å². The number of aromatic nitrogens is 1. The number of nitrogens with zero attached hydrogens (tertiary/aromatic N) is 1. The molecule has 2 aromatic rings. The first-order chi connectivity index (χ1) is 7.99. The van der Waals surface area contributed by atoms with Crippen molar-refractivity contribution in [2.75, 3.05) is 5.73 Å². The minimum Gasteiger partial charge on any atom is -0.375 e. The Bertz CT molecular complexity index is 587. The number of ketones is 1. The van der Waals surface area contributed by atoms with Gasteiger partial charge < -0.3 is 5.73 Å². The lowest BCUT2D eigenvalue weighted by Crippen LogP contribution is -1.96. The molecule has 0 aliphatic carbocycles. The summed E-state index contributed by atoms with van der Waals surface area (Å²) in [4.78, 5) is 16.5. The Hall–Kier alpha value is -1.68. The van der Waals surface area contributed by atoms with Gasteiger partial charge in [0, 0.05) is 6.92 Å². The topological polar surface area (TPSA) is 56.0 Å². The first-order valence-electron chi connectivity index (χ1n) is 5.34. The quantitative estimate of drug-likeness (QED) is 0.828. The number of carbonyl (C=O) groups excluding carboxylic acids is 1. The van der Waals surface area contributed by atoms with Gasteiger partial charge in [0.2, 0.25) is 0 Å². The van der Waals surface area contributed by atoms with Crippen molar-refractivity contribution in [1.82, 2.24) is 4.98 Å². The fourth-order valence-electron chi connectivity index (χ4n) is 1.74. The van der Waals surface area contributed by atoms with E-state index in [0.717, 1.165) is 21.6 Å². The van der Waals surface area contributed by atoms with Gasteiger partial charge in [0.25, 0.3) is 0 Å². The minimum atomic E-state index is -0.0474. The van der Waals surface area contributed by atoms with Gasteiger partial charge in [0.15, 0.2) is 10.9 Å². The van der Waals surface area contributed by atoms with E-state index in [-0.39, 0.29) is 5.78 Å². The Balaban J connectivity index is 2.67. The monoisotopic (exact) mass is 246 g/mol. The third kappa shape index (κ3) is 2.22. The smallest absolute Gasteiger partial charge is 0.181 e. The van der Waals surface area contributed by atoms with Crippen LogP contribution in [-0.2, 0) is 0 Å². The van der Waals surface area contributed by atoms with Gasteiger partial charge in [0.1, 0.15) is 5.69 Å². The Kier molecular flexibility index (Phi) is 2.98. The standard InChI is InChI=1S/C13H14N2OS/c1-7-4-5-8(2)10(6-7)12-11(9(3)16)15-13(14)17-12/h4-6H,1-3H3,(H2,14,15). The number of thiazole rings is 1. The molecular formula is C13H14N2OS. The summed E-state index contributed by atoms with van der Waals surface area (Å²) in [6.45, 7) is 5.57. The molecule has 0 bridgehead atoms. The van der Waals surface area contributed by atoms with Crippen molar-refractivity contribution in [2.45, 2.75) is 20.8 Å². The molecule has 0 fully saturated rings. The zero-order chi connectivity index (χ0) is 12.6. The highest BCUT2D eigenvalue weighted by molar-refractivity contribution is 7.19. The van der Waals surface area contributed by atoms with Crippen LogP contribution in [0.1, 0.15) is 28.5 Å². The van der Waals surface area contributed by atoms with Crippen molar-refractivity contribution in [3.8, 4) is 10.4 Å². The number of hydrogen-bond acceptors (Lipinski definition) is 4. The molecule has 2 N–H and O–H groups in total. The van der Waals surface area contributed by atoms with E-state index < -0.39 is 0 Å². The third-order valence-electron chi connectivity index (χ3n) is 2.61. The van der Waals surface area contributed by atoms with E-state index in [2.05, 4.69) is 17.1 Å². The lowest BCUT2D eigenvalue weighted by atomic mass is 10.0. The van der Waals surface area contributed by atoms with Crippen LogP contribution >= 0.6 is 11.3 Å². The summed E-state index contributed by atoms with van der Waals surface area (Å²) < 4.78 is 0. The fraction of sp³-hybridized carbons (Fsp3) is 0.231. The second kappa shape index (κ2) is 4.30. The molecule has 0 spiro atoms. The number of hydrogen-bond donors (Lipinski definition) is 1. The Morgan fingerprint density at radius 1 is 1.35 bits per heavy atom. The van der Waals surface area contributed by atoms with Crippen molar-refractivity contribution in [1.29, 1.82) is 0 Å². The molecule has 0 amide bonds. The van der Waals surface area contributed by atoms with Gasteiger partial charge in [-0.1, -0.05) is 35.1 Å². The van der Waals surface area contributed by atoms with Gasteiger partial charge >= 0.3 is 0 Å². The van der Waals surface area contributed by atoms with Crippen LogP contribution in [0.15, 0.2) is 18.2 Å². The molecule has 88 valence electrons. The van der Waals surface area contributed by atoms with E-state index in [1.807, 2.05) is 19.9 Å². The maximum atomic E-state index is 11.5. The number of aryl methyl sites for hydroxylation is 2. The number of benzene rings is 1. The van der Waals surface area contributed by atoms with Crippen molar-refractivity contribution in [3.63, 3.8) is 0 Å². The van der Waals surface area contributed by atoms with Gasteiger partial charge in [0.05, 0.1) is 4.88 Å². The second-order valence-corrected chi connectivity index (χ2v) is 5.14. The third-order valence-corrected chi connectivity index (χ3v) is 3.53. The normalized spacial score (nSPS) is 10.5. The lowest BCUT2D eigenvalue weighted by Gasteiger charge is -2.05. The van der Waals surface area contributed by atoms with Gasteiger partial charge in [-0.05, 0) is 25.0 Å². The van der Waals surface area contributed by atoms with Gasteiger partial charge in [-0.15, -0.1) is 0 Å². The molecule has 0 saturated heterocycles.